The van der Waals surface area contributed by atoms with Crippen LogP contribution in [0.1, 0.15) is 19.8 Å². The molecule has 0 aromatic rings. The van der Waals surface area contributed by atoms with Gasteiger partial charge in [0.1, 0.15) is 0 Å². The largest absolute Gasteiger partial charge is 0.328 e. The van der Waals surface area contributed by atoms with E-state index in [0.717, 1.165) is 0 Å². The van der Waals surface area contributed by atoms with Crippen LogP contribution in [-0.2, 0) is 0 Å². The molecule has 0 aliphatic rings. The highest BCUT2D eigenvalue weighted by molar-refractivity contribution is 4.97. The summed E-state index contributed by atoms with van der Waals surface area (Å²) in [5.74, 6) is -8.04. The van der Waals surface area contributed by atoms with Gasteiger partial charge in [0.05, 0.1) is 0 Å². The highest BCUT2D eigenvalue weighted by Crippen LogP contribution is 2.38. The van der Waals surface area contributed by atoms with Gasteiger partial charge < -0.3 is 0 Å². The lowest BCUT2D eigenvalue weighted by Gasteiger charge is -2.22. The zero-order chi connectivity index (χ0) is 9.12. The van der Waals surface area contributed by atoms with E-state index in [1.165, 1.54) is 6.92 Å². The molecule has 66 valence electrons. The summed E-state index contributed by atoms with van der Waals surface area (Å²) in [5.41, 5.74) is 0. The van der Waals surface area contributed by atoms with Gasteiger partial charge in [0.25, 0.3) is 0 Å². The maximum atomic E-state index is 12.4. The molecule has 0 aromatic heterocycles. The molecule has 0 nitrogen and oxygen atoms in total. The molecular weight excluding hydrogens is 160 g/mol. The van der Waals surface area contributed by atoms with Crippen LogP contribution in [0.2, 0.25) is 0 Å². The third-order valence-corrected chi connectivity index (χ3v) is 1.31. The number of hydrogen-bond acceptors (Lipinski definition) is 0. The molecule has 0 bridgehead atoms. The Balaban J connectivity index is 4.38. The molecule has 0 radical (unpaired) electrons. The molecule has 0 spiro atoms. The van der Waals surface area contributed by atoms with Crippen molar-refractivity contribution in [1.82, 2.24) is 0 Å². The molecule has 0 unspecified atom stereocenters. The molecule has 0 heterocycles. The Bertz CT molecular complexity index is 139. The Morgan fingerprint density at radius 3 is 2.00 bits per heavy atom. The van der Waals surface area contributed by atoms with Crippen LogP contribution in [0.25, 0.3) is 0 Å². The van der Waals surface area contributed by atoms with Crippen LogP contribution >= 0.6 is 0 Å². The summed E-state index contributed by atoms with van der Waals surface area (Å²) in [6.45, 7) is 4.07. The van der Waals surface area contributed by atoms with Gasteiger partial charge in [-0.1, -0.05) is 19.9 Å². The standard InChI is InChI=1S/C7H10F4/c1-3-5-7(10,11)6(8,9)4-2/h4H,2-3,5H2,1H3. The summed E-state index contributed by atoms with van der Waals surface area (Å²) >= 11 is 0. The van der Waals surface area contributed by atoms with Gasteiger partial charge in [-0.15, -0.1) is 0 Å². The van der Waals surface area contributed by atoms with Crippen molar-refractivity contribution in [2.24, 2.45) is 0 Å². The molecule has 0 saturated carbocycles. The van der Waals surface area contributed by atoms with Crippen LogP contribution in [0.5, 0.6) is 0 Å². The molecule has 0 amide bonds. The van der Waals surface area contributed by atoms with Gasteiger partial charge in [-0.05, 0) is 6.08 Å². The van der Waals surface area contributed by atoms with Gasteiger partial charge in [0.2, 0.25) is 0 Å². The van der Waals surface area contributed by atoms with Crippen LogP contribution in [0.15, 0.2) is 12.7 Å². The minimum Gasteiger partial charge on any atom is -0.200 e. The lowest BCUT2D eigenvalue weighted by molar-refractivity contribution is -0.182. The second-order valence-electron chi connectivity index (χ2n) is 2.28. The molecule has 11 heavy (non-hydrogen) atoms. The molecule has 4 heteroatoms. The topological polar surface area (TPSA) is 0 Å². The fourth-order valence-electron chi connectivity index (χ4n) is 0.630. The van der Waals surface area contributed by atoms with E-state index in [0.29, 0.717) is 0 Å². The normalized spacial score (nSPS) is 13.2. The number of alkyl halides is 4. The van der Waals surface area contributed by atoms with Crippen LogP contribution in [-0.4, -0.2) is 11.8 Å². The van der Waals surface area contributed by atoms with Crippen LogP contribution in [0, 0.1) is 0 Å². The third kappa shape index (κ3) is 2.20. The van der Waals surface area contributed by atoms with Gasteiger partial charge in [0, 0.05) is 6.42 Å². The van der Waals surface area contributed by atoms with Gasteiger partial charge >= 0.3 is 11.8 Å². The van der Waals surface area contributed by atoms with Gasteiger partial charge in [-0.25, -0.2) is 0 Å². The molecule has 0 rings (SSSR count). The lowest BCUT2D eigenvalue weighted by Crippen LogP contribution is -2.38. The Morgan fingerprint density at radius 1 is 1.27 bits per heavy atom. The fraction of sp³-hybridized carbons (Fsp3) is 0.714. The molecule has 0 saturated heterocycles. The van der Waals surface area contributed by atoms with Gasteiger partial charge in [-0.2, -0.15) is 17.6 Å². The maximum absolute atomic E-state index is 12.4. The van der Waals surface area contributed by atoms with Crippen LogP contribution in [0.3, 0.4) is 0 Å². The predicted molar refractivity (Wildman–Crippen MR) is 35.0 cm³/mol. The summed E-state index contributed by atoms with van der Waals surface area (Å²) in [5, 5.41) is 0. The van der Waals surface area contributed by atoms with Crippen LogP contribution < -0.4 is 0 Å². The average molecular weight is 170 g/mol. The van der Waals surface area contributed by atoms with E-state index >= 15 is 0 Å². The minimum atomic E-state index is -4.08. The average Bonchev–Trinajstić information content (AvgIpc) is 1.87. The Kier molecular flexibility index (Phi) is 3.08. The quantitative estimate of drug-likeness (QED) is 0.448. The first-order valence-corrected chi connectivity index (χ1v) is 3.26. The first-order valence-electron chi connectivity index (χ1n) is 3.26. The molecule has 0 aliphatic carbocycles. The van der Waals surface area contributed by atoms with Crippen molar-refractivity contribution >= 4 is 0 Å². The summed E-state index contributed by atoms with van der Waals surface area (Å²) < 4.78 is 49.3. The van der Waals surface area contributed by atoms with Crippen molar-refractivity contribution in [3.63, 3.8) is 0 Å². The Hall–Kier alpha value is -0.540. The van der Waals surface area contributed by atoms with Gasteiger partial charge in [-0.3, -0.25) is 0 Å². The van der Waals surface area contributed by atoms with Crippen molar-refractivity contribution < 1.29 is 17.6 Å². The minimum absolute atomic E-state index is 0.0112. The molecule has 0 fully saturated rings. The molecule has 0 atom stereocenters. The van der Waals surface area contributed by atoms with Gasteiger partial charge in [0.15, 0.2) is 0 Å². The summed E-state index contributed by atoms with van der Waals surface area (Å²) in [7, 11) is 0. The zero-order valence-corrected chi connectivity index (χ0v) is 6.21. The zero-order valence-electron chi connectivity index (χ0n) is 6.21. The number of rotatable bonds is 4. The number of halogens is 4. The molecular formula is C7H10F4. The third-order valence-electron chi connectivity index (χ3n) is 1.31. The molecule has 0 aromatic carbocycles. The fourth-order valence-corrected chi connectivity index (χ4v) is 0.630. The smallest absolute Gasteiger partial charge is 0.200 e. The van der Waals surface area contributed by atoms with Crippen molar-refractivity contribution in [3.8, 4) is 0 Å². The predicted octanol–water partition coefficient (Wildman–Crippen LogP) is 3.24. The lowest BCUT2D eigenvalue weighted by atomic mass is 10.1. The molecule has 0 N–H and O–H groups in total. The number of allylic oxidation sites excluding steroid dienone is 1. The second-order valence-corrected chi connectivity index (χ2v) is 2.28. The summed E-state index contributed by atoms with van der Waals surface area (Å²) in [4.78, 5) is 0. The van der Waals surface area contributed by atoms with Crippen molar-refractivity contribution in [2.45, 2.75) is 31.6 Å². The van der Waals surface area contributed by atoms with Crippen molar-refractivity contribution in [3.05, 3.63) is 12.7 Å². The summed E-state index contributed by atoms with van der Waals surface area (Å²) in [6, 6.07) is 0. The maximum Gasteiger partial charge on any atom is 0.328 e. The SMILES string of the molecule is C=CC(F)(F)C(F)(F)CCC. The van der Waals surface area contributed by atoms with E-state index < -0.39 is 18.3 Å². The highest BCUT2D eigenvalue weighted by Gasteiger charge is 2.52. The Morgan fingerprint density at radius 2 is 1.73 bits per heavy atom. The van der Waals surface area contributed by atoms with E-state index in [2.05, 4.69) is 6.58 Å². The van der Waals surface area contributed by atoms with Crippen LogP contribution in [0.4, 0.5) is 17.6 Å². The monoisotopic (exact) mass is 170 g/mol. The van der Waals surface area contributed by atoms with Crippen molar-refractivity contribution in [2.75, 3.05) is 0 Å². The molecule has 0 aliphatic heterocycles. The van der Waals surface area contributed by atoms with E-state index in [1.54, 1.807) is 0 Å². The van der Waals surface area contributed by atoms with E-state index in [9.17, 15) is 17.6 Å². The highest BCUT2D eigenvalue weighted by atomic mass is 19.3. The second kappa shape index (κ2) is 3.24. The number of hydrogen-bond donors (Lipinski definition) is 0. The summed E-state index contributed by atoms with van der Waals surface area (Å²) in [6.07, 6.45) is -0.800. The van der Waals surface area contributed by atoms with E-state index in [4.69, 9.17) is 0 Å². The first kappa shape index (κ1) is 10.5. The van der Waals surface area contributed by atoms with Crippen molar-refractivity contribution in [1.29, 1.82) is 0 Å². The van der Waals surface area contributed by atoms with E-state index in [1.807, 2.05) is 0 Å². The van der Waals surface area contributed by atoms with E-state index in [-0.39, 0.29) is 12.5 Å². The first-order chi connectivity index (χ1) is 4.87. The Labute approximate surface area is 62.9 Å².